The lowest BCUT2D eigenvalue weighted by atomic mass is 9.80. The number of benzene rings is 1. The van der Waals surface area contributed by atoms with Gasteiger partial charge in [-0.05, 0) is 48.9 Å². The molecule has 1 aromatic rings. The quantitative estimate of drug-likeness (QED) is 0.789. The summed E-state index contributed by atoms with van der Waals surface area (Å²) in [7, 11) is 3.86. The molecule has 0 aromatic heterocycles. The third-order valence-electron chi connectivity index (χ3n) is 4.13. The van der Waals surface area contributed by atoms with Gasteiger partial charge in [-0.25, -0.2) is 0 Å². The van der Waals surface area contributed by atoms with Gasteiger partial charge in [0.2, 0.25) is 0 Å². The van der Waals surface area contributed by atoms with Gasteiger partial charge in [0, 0.05) is 19.3 Å². The maximum Gasteiger partial charge on any atom is 0.119 e. The molecular formula is C18H32N2O. The zero-order valence-corrected chi connectivity index (χ0v) is 14.5. The number of hydrogen-bond donors (Lipinski definition) is 1. The minimum atomic E-state index is 0.0108. The lowest BCUT2D eigenvalue weighted by Crippen LogP contribution is -2.54. The van der Waals surface area contributed by atoms with Gasteiger partial charge in [-0.3, -0.25) is 0 Å². The summed E-state index contributed by atoms with van der Waals surface area (Å²) in [6, 6.07) is 8.25. The van der Waals surface area contributed by atoms with Crippen LogP contribution in [0.15, 0.2) is 24.3 Å². The predicted octanol–water partition coefficient (Wildman–Crippen LogP) is 3.92. The maximum atomic E-state index is 6.23. The molecule has 0 aliphatic carbocycles. The normalized spacial score (nSPS) is 12.0. The van der Waals surface area contributed by atoms with Crippen LogP contribution in [0, 0.1) is 11.8 Å². The highest BCUT2D eigenvalue weighted by molar-refractivity contribution is 5.51. The summed E-state index contributed by atoms with van der Waals surface area (Å²) < 4.78 is 5.25. The number of nitrogens with zero attached hydrogens (tertiary/aromatic N) is 1. The summed E-state index contributed by atoms with van der Waals surface area (Å²) in [5.41, 5.74) is 7.44. The molecule has 2 N–H and O–H groups in total. The van der Waals surface area contributed by atoms with Crippen LogP contribution in [0.5, 0.6) is 5.75 Å². The number of hydrogen-bond acceptors (Lipinski definition) is 3. The van der Waals surface area contributed by atoms with E-state index < -0.39 is 0 Å². The molecule has 0 fully saturated rings. The Morgan fingerprint density at radius 2 is 1.52 bits per heavy atom. The molecule has 0 saturated carbocycles. The van der Waals surface area contributed by atoms with Gasteiger partial charge < -0.3 is 15.4 Å². The van der Waals surface area contributed by atoms with Crippen LogP contribution in [0.1, 0.15) is 40.5 Å². The molecule has 3 heteroatoms. The van der Waals surface area contributed by atoms with Crippen LogP contribution in [0.25, 0.3) is 0 Å². The zero-order valence-electron chi connectivity index (χ0n) is 14.5. The van der Waals surface area contributed by atoms with Crippen LogP contribution in [0.4, 0.5) is 5.69 Å². The third kappa shape index (κ3) is 4.63. The lowest BCUT2D eigenvalue weighted by Gasteiger charge is -2.45. The van der Waals surface area contributed by atoms with Gasteiger partial charge in [0.15, 0.2) is 0 Å². The van der Waals surface area contributed by atoms with Crippen LogP contribution < -0.4 is 15.4 Å². The zero-order chi connectivity index (χ0) is 16.0. The molecule has 21 heavy (non-hydrogen) atoms. The molecule has 0 unspecified atom stereocenters. The van der Waals surface area contributed by atoms with Crippen molar-refractivity contribution in [2.45, 2.75) is 46.1 Å². The van der Waals surface area contributed by atoms with Crippen molar-refractivity contribution in [3.8, 4) is 5.75 Å². The van der Waals surface area contributed by atoms with E-state index in [1.165, 1.54) is 5.69 Å². The third-order valence-corrected chi connectivity index (χ3v) is 4.13. The molecule has 0 amide bonds. The first-order valence-corrected chi connectivity index (χ1v) is 7.92. The summed E-state index contributed by atoms with van der Waals surface area (Å²) >= 11 is 0. The Kier molecular flexibility index (Phi) is 6.53. The van der Waals surface area contributed by atoms with E-state index in [0.29, 0.717) is 18.4 Å². The Bertz CT molecular complexity index is 402. The fourth-order valence-corrected chi connectivity index (χ4v) is 3.26. The molecule has 0 aliphatic rings. The van der Waals surface area contributed by atoms with Crippen molar-refractivity contribution < 1.29 is 4.74 Å². The van der Waals surface area contributed by atoms with E-state index >= 15 is 0 Å². The summed E-state index contributed by atoms with van der Waals surface area (Å²) in [5.74, 6) is 2.12. The number of likely N-dealkylation sites (N-methyl/N-ethyl adjacent to an activating group) is 1. The number of anilines is 1. The largest absolute Gasteiger partial charge is 0.497 e. The van der Waals surface area contributed by atoms with E-state index in [9.17, 15) is 0 Å². The first-order valence-electron chi connectivity index (χ1n) is 7.92. The first kappa shape index (κ1) is 17.8. The smallest absolute Gasteiger partial charge is 0.119 e. The van der Waals surface area contributed by atoms with Gasteiger partial charge in [-0.15, -0.1) is 0 Å². The summed E-state index contributed by atoms with van der Waals surface area (Å²) in [4.78, 5) is 2.37. The van der Waals surface area contributed by atoms with E-state index in [1.807, 2.05) is 12.1 Å². The predicted molar refractivity (Wildman–Crippen MR) is 92.1 cm³/mol. The number of rotatable bonds is 8. The van der Waals surface area contributed by atoms with Crippen molar-refractivity contribution in [2.24, 2.45) is 17.6 Å². The van der Waals surface area contributed by atoms with Crippen molar-refractivity contribution in [1.29, 1.82) is 0 Å². The highest BCUT2D eigenvalue weighted by atomic mass is 16.5. The van der Waals surface area contributed by atoms with Gasteiger partial charge in [0.25, 0.3) is 0 Å². The number of ether oxygens (including phenoxy) is 1. The van der Waals surface area contributed by atoms with Crippen molar-refractivity contribution >= 4 is 5.69 Å². The average Bonchev–Trinajstić information content (AvgIpc) is 2.44. The Balaban J connectivity index is 3.09. The summed E-state index contributed by atoms with van der Waals surface area (Å²) in [6.07, 6.45) is 2.20. The van der Waals surface area contributed by atoms with Crippen LogP contribution in [-0.4, -0.2) is 26.2 Å². The standard InChI is InChI=1S/C18H32N2O/c1-14(2)11-18(13-19,12-15(3)4)20(5)16-7-9-17(21-6)10-8-16/h7-10,14-15H,11-13,19H2,1-6H3. The Morgan fingerprint density at radius 3 is 1.86 bits per heavy atom. The topological polar surface area (TPSA) is 38.5 Å². The van der Waals surface area contributed by atoms with E-state index in [4.69, 9.17) is 10.5 Å². The molecular weight excluding hydrogens is 260 g/mol. The van der Waals surface area contributed by atoms with Gasteiger partial charge >= 0.3 is 0 Å². The monoisotopic (exact) mass is 292 g/mol. The molecule has 120 valence electrons. The molecule has 0 bridgehead atoms. The molecule has 0 aliphatic heterocycles. The second-order valence-electron chi connectivity index (χ2n) is 6.88. The van der Waals surface area contributed by atoms with Crippen molar-refractivity contribution in [1.82, 2.24) is 0 Å². The Labute approximate surface area is 130 Å². The molecule has 1 rings (SSSR count). The number of nitrogens with two attached hydrogens (primary N) is 1. The minimum absolute atomic E-state index is 0.0108. The Morgan fingerprint density at radius 1 is 1.05 bits per heavy atom. The molecule has 0 heterocycles. The van der Waals surface area contributed by atoms with Crippen molar-refractivity contribution in [3.63, 3.8) is 0 Å². The van der Waals surface area contributed by atoms with Crippen LogP contribution in [0.3, 0.4) is 0 Å². The van der Waals surface area contributed by atoms with E-state index in [0.717, 1.165) is 18.6 Å². The fraction of sp³-hybridized carbons (Fsp3) is 0.667. The second-order valence-corrected chi connectivity index (χ2v) is 6.88. The average molecular weight is 292 g/mol. The Hall–Kier alpha value is -1.22. The molecule has 3 nitrogen and oxygen atoms in total. The number of methoxy groups -OCH3 is 1. The van der Waals surface area contributed by atoms with Gasteiger partial charge in [0.05, 0.1) is 12.6 Å². The van der Waals surface area contributed by atoms with Gasteiger partial charge in [0.1, 0.15) is 5.75 Å². The first-order chi connectivity index (χ1) is 9.84. The van der Waals surface area contributed by atoms with Crippen LogP contribution in [-0.2, 0) is 0 Å². The van der Waals surface area contributed by atoms with Crippen molar-refractivity contribution in [3.05, 3.63) is 24.3 Å². The fourth-order valence-electron chi connectivity index (χ4n) is 3.26. The van der Waals surface area contributed by atoms with Crippen molar-refractivity contribution in [2.75, 3.05) is 25.6 Å². The molecule has 1 aromatic carbocycles. The van der Waals surface area contributed by atoms with E-state index in [2.05, 4.69) is 51.8 Å². The van der Waals surface area contributed by atoms with Gasteiger partial charge in [-0.2, -0.15) is 0 Å². The molecule has 0 radical (unpaired) electrons. The SMILES string of the molecule is COc1ccc(N(C)C(CN)(CC(C)C)CC(C)C)cc1. The molecule has 0 spiro atoms. The second kappa shape index (κ2) is 7.69. The highest BCUT2D eigenvalue weighted by Crippen LogP contribution is 2.33. The van der Waals surface area contributed by atoms with Crippen LogP contribution in [0.2, 0.25) is 0 Å². The lowest BCUT2D eigenvalue weighted by molar-refractivity contribution is 0.280. The van der Waals surface area contributed by atoms with Crippen LogP contribution >= 0.6 is 0 Å². The summed E-state index contributed by atoms with van der Waals surface area (Å²) in [5, 5.41) is 0. The van der Waals surface area contributed by atoms with Gasteiger partial charge in [-0.1, -0.05) is 27.7 Å². The summed E-state index contributed by atoms with van der Waals surface area (Å²) in [6.45, 7) is 9.75. The van der Waals surface area contributed by atoms with E-state index in [-0.39, 0.29) is 5.54 Å². The maximum absolute atomic E-state index is 6.23. The highest BCUT2D eigenvalue weighted by Gasteiger charge is 2.35. The molecule has 0 saturated heterocycles. The molecule has 0 atom stereocenters. The minimum Gasteiger partial charge on any atom is -0.497 e. The van der Waals surface area contributed by atoms with E-state index in [1.54, 1.807) is 7.11 Å².